The summed E-state index contributed by atoms with van der Waals surface area (Å²) in [5.41, 5.74) is 0.993. The maximum absolute atomic E-state index is 10.7. The van der Waals surface area contributed by atoms with Gasteiger partial charge in [-0.25, -0.2) is 0 Å². The Morgan fingerprint density at radius 2 is 0.419 bits per heavy atom. The van der Waals surface area contributed by atoms with Crippen molar-refractivity contribution >= 4 is 67.0 Å². The van der Waals surface area contributed by atoms with E-state index in [1.807, 2.05) is 97.1 Å². The largest absolute Gasteiger partial charge is 2.00 e. The second-order valence-corrected chi connectivity index (χ2v) is 11.3. The van der Waals surface area contributed by atoms with Crippen LogP contribution in [0.4, 0.5) is 0 Å². The molecule has 0 fully saturated rings. The number of carboxylic acids is 4. The van der Waals surface area contributed by atoms with E-state index in [1.165, 1.54) is 0 Å². The van der Waals surface area contributed by atoms with E-state index in [0.29, 0.717) is 0 Å². The van der Waals surface area contributed by atoms with Crippen LogP contribution >= 0.6 is 0 Å². The summed E-state index contributed by atoms with van der Waals surface area (Å²) in [6.07, 6.45) is 0. The molecule has 12 nitrogen and oxygen atoms in total. The quantitative estimate of drug-likeness (QED) is 0.186. The third kappa shape index (κ3) is 16.9. The van der Waals surface area contributed by atoms with E-state index in [9.17, 15) is 39.6 Å². The molecule has 0 aliphatic rings. The molecule has 62 heavy (non-hydrogen) atoms. The molecule has 2 radical (unpaired) electrons. The summed E-state index contributed by atoms with van der Waals surface area (Å²) < 4.78 is 0. The molecule has 8 rings (SSSR count). The standard InChI is InChI=1S/4C11H8O2.4CH4O.2Cu/c4*12-11(13)10-7-3-5-8-4-1-2-6-9(8)10;4*1-2;;/h4*1-7H,(H,12,13);4*2H,1H3;;/q;;;;;;;;2*+2/p-4. The molecular formula is C48H44Cu2O12. The maximum atomic E-state index is 10.7. The molecule has 8 aromatic rings. The number of benzene rings is 8. The van der Waals surface area contributed by atoms with Crippen LogP contribution in [0.25, 0.3) is 43.1 Å². The first-order chi connectivity index (χ1) is 29.2. The minimum Gasteiger partial charge on any atom is -0.545 e. The zero-order chi connectivity index (χ0) is 45.0. The van der Waals surface area contributed by atoms with Crippen molar-refractivity contribution in [3.8, 4) is 0 Å². The normalized spacial score (nSPS) is 8.90. The van der Waals surface area contributed by atoms with E-state index in [1.54, 1.807) is 72.8 Å². The Balaban J connectivity index is 0. The van der Waals surface area contributed by atoms with Crippen molar-refractivity contribution in [2.45, 2.75) is 0 Å². The zero-order valence-electron chi connectivity index (χ0n) is 33.8. The van der Waals surface area contributed by atoms with Crippen LogP contribution in [0.3, 0.4) is 0 Å². The molecular weight excluding hydrogens is 896 g/mol. The minimum absolute atomic E-state index is 0. The molecule has 0 aliphatic heterocycles. The van der Waals surface area contributed by atoms with Gasteiger partial charge in [0, 0.05) is 50.7 Å². The van der Waals surface area contributed by atoms with Crippen LogP contribution in [-0.4, -0.2) is 72.7 Å². The fourth-order valence-corrected chi connectivity index (χ4v) is 5.61. The average molecular weight is 940 g/mol. The number of aromatic carboxylic acids is 4. The summed E-state index contributed by atoms with van der Waals surface area (Å²) in [5.74, 6) is -4.51. The first kappa shape index (κ1) is 57.7. The van der Waals surface area contributed by atoms with Gasteiger partial charge in [0.25, 0.3) is 0 Å². The predicted octanol–water partition coefficient (Wildman–Crippen LogP) is 3.24. The van der Waals surface area contributed by atoms with Gasteiger partial charge < -0.3 is 60.0 Å². The number of carboxylic acid groups (broad SMARTS) is 4. The van der Waals surface area contributed by atoms with Crippen molar-refractivity contribution in [2.24, 2.45) is 0 Å². The monoisotopic (exact) mass is 938 g/mol. The molecule has 0 saturated heterocycles. The Bertz CT molecular complexity index is 2200. The molecule has 0 aromatic heterocycles. The summed E-state index contributed by atoms with van der Waals surface area (Å²) in [7, 11) is 4.00. The maximum Gasteiger partial charge on any atom is 2.00 e. The van der Waals surface area contributed by atoms with Gasteiger partial charge in [-0.2, -0.15) is 0 Å². The predicted molar refractivity (Wildman–Crippen MR) is 226 cm³/mol. The van der Waals surface area contributed by atoms with Crippen LogP contribution in [0, 0.1) is 0 Å². The number of aliphatic hydroxyl groups is 4. The van der Waals surface area contributed by atoms with Gasteiger partial charge in [0.2, 0.25) is 0 Å². The van der Waals surface area contributed by atoms with Gasteiger partial charge in [-0.05, 0) is 43.1 Å². The number of carbonyl (C=O) groups is 4. The van der Waals surface area contributed by atoms with E-state index in [-0.39, 0.29) is 56.4 Å². The second kappa shape index (κ2) is 32.3. The van der Waals surface area contributed by atoms with Crippen LogP contribution < -0.4 is 20.4 Å². The fourth-order valence-electron chi connectivity index (χ4n) is 5.61. The minimum atomic E-state index is -1.13. The van der Waals surface area contributed by atoms with Crippen molar-refractivity contribution in [1.82, 2.24) is 0 Å². The van der Waals surface area contributed by atoms with E-state index < -0.39 is 23.9 Å². The van der Waals surface area contributed by atoms with Crippen molar-refractivity contribution in [3.05, 3.63) is 192 Å². The topological polar surface area (TPSA) is 241 Å². The second-order valence-electron chi connectivity index (χ2n) is 11.3. The Morgan fingerprint density at radius 1 is 0.274 bits per heavy atom. The van der Waals surface area contributed by atoms with Gasteiger partial charge in [-0.15, -0.1) is 0 Å². The van der Waals surface area contributed by atoms with E-state index in [0.717, 1.165) is 71.5 Å². The van der Waals surface area contributed by atoms with Crippen LogP contribution in [-0.2, 0) is 34.1 Å². The zero-order valence-corrected chi connectivity index (χ0v) is 35.7. The molecule has 0 spiro atoms. The van der Waals surface area contributed by atoms with Gasteiger partial charge >= 0.3 is 34.1 Å². The molecule has 0 unspecified atom stereocenters. The van der Waals surface area contributed by atoms with Crippen molar-refractivity contribution in [3.63, 3.8) is 0 Å². The summed E-state index contributed by atoms with van der Waals surface area (Å²) >= 11 is 0. The molecule has 4 N–H and O–H groups in total. The Morgan fingerprint density at radius 3 is 0.581 bits per heavy atom. The summed E-state index contributed by atoms with van der Waals surface area (Å²) in [6.45, 7) is 0. The van der Waals surface area contributed by atoms with Crippen LogP contribution in [0.15, 0.2) is 170 Å². The van der Waals surface area contributed by atoms with E-state index in [4.69, 9.17) is 20.4 Å². The number of hydrogen-bond donors (Lipinski definition) is 4. The Labute approximate surface area is 379 Å². The average Bonchev–Trinajstić information content (AvgIpc) is 3.31. The van der Waals surface area contributed by atoms with Gasteiger partial charge in [0.05, 0.1) is 23.9 Å². The third-order valence-electron chi connectivity index (χ3n) is 8.04. The summed E-state index contributed by atoms with van der Waals surface area (Å²) in [5, 5.41) is 77.4. The fraction of sp³-hybridized carbons (Fsp3) is 0.0833. The van der Waals surface area contributed by atoms with Crippen molar-refractivity contribution in [1.29, 1.82) is 0 Å². The summed E-state index contributed by atoms with van der Waals surface area (Å²) in [6, 6.07) is 50.0. The van der Waals surface area contributed by atoms with Gasteiger partial charge in [-0.1, -0.05) is 170 Å². The molecule has 0 heterocycles. The van der Waals surface area contributed by atoms with Crippen LogP contribution in [0.2, 0.25) is 0 Å². The first-order valence-corrected chi connectivity index (χ1v) is 17.7. The third-order valence-corrected chi connectivity index (χ3v) is 8.04. The van der Waals surface area contributed by atoms with E-state index in [2.05, 4.69) is 0 Å². The number of fused-ring (bicyclic) bond motifs is 4. The number of aliphatic hydroxyl groups excluding tert-OH is 4. The number of hydrogen-bond acceptors (Lipinski definition) is 12. The molecule has 14 heteroatoms. The van der Waals surface area contributed by atoms with Gasteiger partial charge in [0.1, 0.15) is 0 Å². The first-order valence-electron chi connectivity index (χ1n) is 17.7. The molecule has 0 bridgehead atoms. The number of rotatable bonds is 4. The van der Waals surface area contributed by atoms with Gasteiger partial charge in [0.15, 0.2) is 0 Å². The van der Waals surface area contributed by atoms with Crippen molar-refractivity contribution in [2.75, 3.05) is 28.4 Å². The Hall–Kier alpha value is -6.44. The van der Waals surface area contributed by atoms with Crippen molar-refractivity contribution < 1.29 is 94.2 Å². The molecule has 0 amide bonds. The van der Waals surface area contributed by atoms with Crippen LogP contribution in [0.5, 0.6) is 0 Å². The molecule has 0 saturated carbocycles. The smallest absolute Gasteiger partial charge is 0.545 e. The molecule has 8 aromatic carbocycles. The number of carbonyl (C=O) groups excluding carboxylic acids is 4. The van der Waals surface area contributed by atoms with Gasteiger partial charge in [-0.3, -0.25) is 0 Å². The molecule has 330 valence electrons. The van der Waals surface area contributed by atoms with Crippen LogP contribution in [0.1, 0.15) is 41.4 Å². The Kier molecular flexibility index (Phi) is 30.1. The SMILES string of the molecule is CO.CO.CO.CO.O=C([O-])c1cccc2ccccc12.O=C([O-])c1cccc2ccccc12.O=C([O-])c1cccc2ccccc12.O=C([O-])c1cccc2ccccc12.[Cu+2].[Cu+2]. The molecule has 0 aliphatic carbocycles. The summed E-state index contributed by atoms with van der Waals surface area (Å²) in [4.78, 5) is 42.8. The molecule has 0 atom stereocenters. The van der Waals surface area contributed by atoms with E-state index >= 15 is 0 Å².